The molecule has 0 N–H and O–H groups in total. The molecule has 124 valence electrons. The fourth-order valence-corrected chi connectivity index (χ4v) is 3.10. The first kappa shape index (κ1) is 14.7. The van der Waals surface area contributed by atoms with Gasteiger partial charge in [0.05, 0.1) is 30.5 Å². The third-order valence-corrected chi connectivity index (χ3v) is 4.46. The Morgan fingerprint density at radius 1 is 0.958 bits per heavy atom. The van der Waals surface area contributed by atoms with Crippen LogP contribution in [0.25, 0.3) is 11.0 Å². The number of anilines is 2. The largest absolute Gasteiger partial charge is 0.494 e. The molecule has 1 aliphatic heterocycles. The summed E-state index contributed by atoms with van der Waals surface area (Å²) in [5.41, 5.74) is 2.20. The summed E-state index contributed by atoms with van der Waals surface area (Å²) in [6.45, 7) is 3.53. The van der Waals surface area contributed by atoms with E-state index in [-0.39, 0.29) is 0 Å². The Morgan fingerprint density at radius 3 is 2.29 bits per heavy atom. The molecule has 3 aromatic rings. The van der Waals surface area contributed by atoms with Crippen molar-refractivity contribution in [2.45, 2.75) is 0 Å². The highest BCUT2D eigenvalue weighted by Crippen LogP contribution is 2.23. The number of aromatic nitrogens is 4. The van der Waals surface area contributed by atoms with Gasteiger partial charge in [-0.1, -0.05) is 12.1 Å². The number of aryl methyl sites for hydroxylation is 1. The Morgan fingerprint density at radius 2 is 1.62 bits per heavy atom. The molecule has 0 bridgehead atoms. The molecule has 4 rings (SSSR count). The quantitative estimate of drug-likeness (QED) is 0.731. The number of benzene rings is 1. The average Bonchev–Trinajstić information content (AvgIpc) is 2.99. The van der Waals surface area contributed by atoms with Gasteiger partial charge in [-0.2, -0.15) is 0 Å². The van der Waals surface area contributed by atoms with Crippen LogP contribution in [0.4, 0.5) is 11.9 Å². The van der Waals surface area contributed by atoms with E-state index in [9.17, 15) is 0 Å². The highest BCUT2D eigenvalue weighted by Gasteiger charge is 2.22. The van der Waals surface area contributed by atoms with Crippen LogP contribution in [0.5, 0.6) is 5.75 Å². The van der Waals surface area contributed by atoms with Gasteiger partial charge in [0, 0.05) is 33.2 Å². The fraction of sp³-hybridized carbons (Fsp3) is 0.353. The first-order valence-electron chi connectivity index (χ1n) is 8.03. The first-order chi connectivity index (χ1) is 11.8. The molecule has 0 aliphatic carbocycles. The number of hydrogen-bond acceptors (Lipinski definition) is 6. The maximum Gasteiger partial charge on any atom is 0.225 e. The van der Waals surface area contributed by atoms with E-state index in [0.717, 1.165) is 49.1 Å². The van der Waals surface area contributed by atoms with Gasteiger partial charge in [-0.05, 0) is 12.1 Å². The van der Waals surface area contributed by atoms with Gasteiger partial charge in [-0.3, -0.25) is 0 Å². The Hall–Kier alpha value is -2.83. The van der Waals surface area contributed by atoms with E-state index in [1.165, 1.54) is 0 Å². The zero-order valence-electron chi connectivity index (χ0n) is 13.9. The van der Waals surface area contributed by atoms with E-state index in [4.69, 9.17) is 9.72 Å². The van der Waals surface area contributed by atoms with Crippen LogP contribution < -0.4 is 14.5 Å². The molecular formula is C17H20N6O. The molecule has 1 fully saturated rings. The Kier molecular flexibility index (Phi) is 3.68. The molecule has 1 aliphatic rings. The summed E-state index contributed by atoms with van der Waals surface area (Å²) < 4.78 is 7.27. The summed E-state index contributed by atoms with van der Waals surface area (Å²) in [6.07, 6.45) is 3.42. The van der Waals surface area contributed by atoms with Crippen LogP contribution in [-0.2, 0) is 7.05 Å². The van der Waals surface area contributed by atoms with Crippen LogP contribution in [0.3, 0.4) is 0 Å². The average molecular weight is 324 g/mol. The monoisotopic (exact) mass is 324 g/mol. The summed E-state index contributed by atoms with van der Waals surface area (Å²) in [5, 5.41) is 0. The number of piperazine rings is 1. The SMILES string of the molecule is COc1cnc(N2CCN(c3nc4ccccc4n3C)CC2)nc1. The standard InChI is InChI=1S/C17H20N6O/c1-21-15-6-4-3-5-14(15)20-17(21)23-9-7-22(8-10-23)16-18-11-13(24-2)12-19-16/h3-6,11-12H,7-10H2,1-2H3. The molecule has 3 heterocycles. The Balaban J connectivity index is 1.49. The van der Waals surface area contributed by atoms with E-state index in [1.807, 2.05) is 12.1 Å². The van der Waals surface area contributed by atoms with Crippen LogP contribution >= 0.6 is 0 Å². The van der Waals surface area contributed by atoms with Gasteiger partial charge in [0.15, 0.2) is 5.75 Å². The lowest BCUT2D eigenvalue weighted by Crippen LogP contribution is -2.47. The lowest BCUT2D eigenvalue weighted by Gasteiger charge is -2.35. The topological polar surface area (TPSA) is 59.3 Å². The van der Waals surface area contributed by atoms with Crippen molar-refractivity contribution in [1.82, 2.24) is 19.5 Å². The second kappa shape index (κ2) is 5.99. The van der Waals surface area contributed by atoms with Crippen molar-refractivity contribution >= 4 is 22.9 Å². The van der Waals surface area contributed by atoms with E-state index >= 15 is 0 Å². The van der Waals surface area contributed by atoms with E-state index in [2.05, 4.69) is 43.5 Å². The van der Waals surface area contributed by atoms with Gasteiger partial charge < -0.3 is 19.1 Å². The highest BCUT2D eigenvalue weighted by atomic mass is 16.5. The van der Waals surface area contributed by atoms with Crippen LogP contribution in [0, 0.1) is 0 Å². The molecular weight excluding hydrogens is 304 g/mol. The highest BCUT2D eigenvalue weighted by molar-refractivity contribution is 5.78. The summed E-state index contributed by atoms with van der Waals surface area (Å²) >= 11 is 0. The van der Waals surface area contributed by atoms with Crippen molar-refractivity contribution in [3.63, 3.8) is 0 Å². The second-order valence-electron chi connectivity index (χ2n) is 5.86. The minimum absolute atomic E-state index is 0.678. The van der Waals surface area contributed by atoms with Gasteiger partial charge in [-0.15, -0.1) is 0 Å². The Labute approximate surface area is 140 Å². The van der Waals surface area contributed by atoms with Crippen LogP contribution in [0.2, 0.25) is 0 Å². The molecule has 7 nitrogen and oxygen atoms in total. The predicted molar refractivity (Wildman–Crippen MR) is 93.7 cm³/mol. The summed E-state index contributed by atoms with van der Waals surface area (Å²) in [5.74, 6) is 2.45. The maximum absolute atomic E-state index is 5.11. The van der Waals surface area contributed by atoms with Crippen LogP contribution in [-0.4, -0.2) is 52.8 Å². The number of nitrogens with zero attached hydrogens (tertiary/aromatic N) is 6. The third kappa shape index (κ3) is 2.51. The van der Waals surface area contributed by atoms with Gasteiger partial charge in [0.25, 0.3) is 0 Å². The van der Waals surface area contributed by atoms with Gasteiger partial charge in [0.2, 0.25) is 11.9 Å². The van der Waals surface area contributed by atoms with Gasteiger partial charge in [-0.25, -0.2) is 15.0 Å². The smallest absolute Gasteiger partial charge is 0.225 e. The molecule has 1 saturated heterocycles. The summed E-state index contributed by atoms with van der Waals surface area (Å²) in [4.78, 5) is 18.0. The minimum atomic E-state index is 0.678. The zero-order valence-corrected chi connectivity index (χ0v) is 13.9. The molecule has 24 heavy (non-hydrogen) atoms. The molecule has 0 radical (unpaired) electrons. The van der Waals surface area contributed by atoms with Crippen LogP contribution in [0.1, 0.15) is 0 Å². The number of hydrogen-bond donors (Lipinski definition) is 0. The van der Waals surface area contributed by atoms with E-state index in [1.54, 1.807) is 19.5 Å². The summed E-state index contributed by atoms with van der Waals surface area (Å²) in [7, 11) is 3.69. The maximum atomic E-state index is 5.11. The molecule has 2 aromatic heterocycles. The van der Waals surface area contributed by atoms with Crippen LogP contribution in [0.15, 0.2) is 36.7 Å². The van der Waals surface area contributed by atoms with Crippen molar-refractivity contribution < 1.29 is 4.74 Å². The normalized spacial score (nSPS) is 15.1. The molecule has 0 spiro atoms. The summed E-state index contributed by atoms with van der Waals surface area (Å²) in [6, 6.07) is 8.23. The van der Waals surface area contributed by atoms with Crippen molar-refractivity contribution in [2.75, 3.05) is 43.1 Å². The molecule has 0 saturated carbocycles. The molecule has 0 unspecified atom stereocenters. The number of methoxy groups -OCH3 is 1. The first-order valence-corrected chi connectivity index (χ1v) is 8.03. The molecule has 1 aromatic carbocycles. The molecule has 7 heteroatoms. The van der Waals surface area contributed by atoms with Gasteiger partial charge in [0.1, 0.15) is 0 Å². The second-order valence-corrected chi connectivity index (χ2v) is 5.86. The molecule has 0 atom stereocenters. The number of para-hydroxylation sites is 2. The lowest BCUT2D eigenvalue weighted by atomic mass is 10.3. The number of rotatable bonds is 3. The van der Waals surface area contributed by atoms with Gasteiger partial charge >= 0.3 is 0 Å². The third-order valence-electron chi connectivity index (χ3n) is 4.46. The van der Waals surface area contributed by atoms with Crippen molar-refractivity contribution in [3.05, 3.63) is 36.7 Å². The fourth-order valence-electron chi connectivity index (χ4n) is 3.10. The van der Waals surface area contributed by atoms with Crippen molar-refractivity contribution in [3.8, 4) is 5.75 Å². The lowest BCUT2D eigenvalue weighted by molar-refractivity contribution is 0.410. The molecule has 0 amide bonds. The predicted octanol–water partition coefficient (Wildman–Crippen LogP) is 1.70. The van der Waals surface area contributed by atoms with E-state index in [0.29, 0.717) is 5.75 Å². The number of imidazole rings is 1. The van der Waals surface area contributed by atoms with Crippen molar-refractivity contribution in [1.29, 1.82) is 0 Å². The Bertz CT molecular complexity index is 836. The zero-order chi connectivity index (χ0) is 16.5. The number of fused-ring (bicyclic) bond motifs is 1. The van der Waals surface area contributed by atoms with Crippen molar-refractivity contribution in [2.24, 2.45) is 7.05 Å². The minimum Gasteiger partial charge on any atom is -0.494 e. The number of ether oxygens (including phenoxy) is 1. The van der Waals surface area contributed by atoms with E-state index < -0.39 is 0 Å².